The summed E-state index contributed by atoms with van der Waals surface area (Å²) in [5.41, 5.74) is 3.13. The standard InChI is InChI=1S/C11H10N4S/c1-12-10-11-14-6-9(8-2-5-16-7-8)15(11)4-3-13-10/h2-7H,1H3,(H,12,13). The van der Waals surface area contributed by atoms with Gasteiger partial charge in [-0.15, -0.1) is 0 Å². The van der Waals surface area contributed by atoms with Crippen molar-refractivity contribution in [2.45, 2.75) is 0 Å². The number of rotatable bonds is 2. The maximum Gasteiger partial charge on any atom is 0.180 e. The van der Waals surface area contributed by atoms with E-state index in [0.29, 0.717) is 0 Å². The largest absolute Gasteiger partial charge is 0.370 e. The van der Waals surface area contributed by atoms with Crippen molar-refractivity contribution in [3.63, 3.8) is 0 Å². The van der Waals surface area contributed by atoms with Gasteiger partial charge in [0, 0.05) is 30.4 Å². The first-order chi connectivity index (χ1) is 7.90. The smallest absolute Gasteiger partial charge is 0.180 e. The molecule has 0 aromatic carbocycles. The summed E-state index contributed by atoms with van der Waals surface area (Å²) >= 11 is 1.68. The van der Waals surface area contributed by atoms with Gasteiger partial charge >= 0.3 is 0 Å². The van der Waals surface area contributed by atoms with Crippen LogP contribution in [0.5, 0.6) is 0 Å². The minimum absolute atomic E-state index is 0.795. The number of nitrogens with zero attached hydrogens (tertiary/aromatic N) is 3. The maximum absolute atomic E-state index is 4.39. The van der Waals surface area contributed by atoms with Crippen molar-refractivity contribution in [2.24, 2.45) is 0 Å². The van der Waals surface area contributed by atoms with E-state index < -0.39 is 0 Å². The molecule has 1 N–H and O–H groups in total. The summed E-state index contributed by atoms with van der Waals surface area (Å²) in [6.07, 6.45) is 5.58. The Labute approximate surface area is 96.6 Å². The molecule has 16 heavy (non-hydrogen) atoms. The second-order valence-corrected chi connectivity index (χ2v) is 4.15. The number of fused-ring (bicyclic) bond motifs is 1. The molecule has 0 aliphatic rings. The van der Waals surface area contributed by atoms with Gasteiger partial charge in [0.1, 0.15) is 0 Å². The highest BCUT2D eigenvalue weighted by molar-refractivity contribution is 7.08. The quantitative estimate of drug-likeness (QED) is 0.735. The Morgan fingerprint density at radius 2 is 2.31 bits per heavy atom. The first kappa shape index (κ1) is 9.35. The zero-order valence-corrected chi connectivity index (χ0v) is 9.53. The summed E-state index contributed by atoms with van der Waals surface area (Å²) in [5.74, 6) is 0.795. The van der Waals surface area contributed by atoms with Crippen molar-refractivity contribution in [3.8, 4) is 11.3 Å². The number of imidazole rings is 1. The van der Waals surface area contributed by atoms with Crippen molar-refractivity contribution in [2.75, 3.05) is 12.4 Å². The molecule has 3 heterocycles. The number of aromatic nitrogens is 3. The van der Waals surface area contributed by atoms with Crippen LogP contribution in [0.2, 0.25) is 0 Å². The minimum Gasteiger partial charge on any atom is -0.370 e. The van der Waals surface area contributed by atoms with Crippen LogP contribution < -0.4 is 5.32 Å². The van der Waals surface area contributed by atoms with Gasteiger partial charge in [-0.1, -0.05) is 0 Å². The van der Waals surface area contributed by atoms with Crippen molar-refractivity contribution >= 4 is 22.8 Å². The summed E-state index contributed by atoms with van der Waals surface area (Å²) < 4.78 is 2.04. The topological polar surface area (TPSA) is 42.2 Å². The average molecular weight is 230 g/mol. The molecular formula is C11H10N4S. The van der Waals surface area contributed by atoms with E-state index >= 15 is 0 Å². The van der Waals surface area contributed by atoms with Crippen LogP contribution in [-0.2, 0) is 0 Å². The van der Waals surface area contributed by atoms with Gasteiger partial charge in [-0.3, -0.25) is 4.40 Å². The van der Waals surface area contributed by atoms with Gasteiger partial charge in [-0.2, -0.15) is 11.3 Å². The Hall–Kier alpha value is -1.88. The van der Waals surface area contributed by atoms with Crippen LogP contribution in [-0.4, -0.2) is 21.4 Å². The first-order valence-corrected chi connectivity index (χ1v) is 5.87. The molecule has 80 valence electrons. The fraction of sp³-hybridized carbons (Fsp3) is 0.0909. The molecule has 3 aromatic heterocycles. The van der Waals surface area contributed by atoms with Crippen LogP contribution in [0, 0.1) is 0 Å². The monoisotopic (exact) mass is 230 g/mol. The summed E-state index contributed by atoms with van der Waals surface area (Å²) in [6.45, 7) is 0. The summed E-state index contributed by atoms with van der Waals surface area (Å²) in [4.78, 5) is 8.62. The molecule has 0 saturated heterocycles. The van der Waals surface area contributed by atoms with Gasteiger partial charge in [0.15, 0.2) is 11.5 Å². The van der Waals surface area contributed by atoms with E-state index in [2.05, 4.69) is 32.1 Å². The number of hydrogen-bond donors (Lipinski definition) is 1. The number of anilines is 1. The van der Waals surface area contributed by atoms with Gasteiger partial charge in [0.2, 0.25) is 0 Å². The number of thiophene rings is 1. The predicted octanol–water partition coefficient (Wildman–Crippen LogP) is 2.50. The molecule has 0 bridgehead atoms. The van der Waals surface area contributed by atoms with Gasteiger partial charge < -0.3 is 5.32 Å². The minimum atomic E-state index is 0.795. The van der Waals surface area contributed by atoms with Crippen molar-refractivity contribution in [1.82, 2.24) is 14.4 Å². The van der Waals surface area contributed by atoms with E-state index in [4.69, 9.17) is 0 Å². The lowest BCUT2D eigenvalue weighted by Gasteiger charge is -2.02. The van der Waals surface area contributed by atoms with E-state index in [9.17, 15) is 0 Å². The maximum atomic E-state index is 4.39. The third kappa shape index (κ3) is 1.29. The Morgan fingerprint density at radius 3 is 3.06 bits per heavy atom. The first-order valence-electron chi connectivity index (χ1n) is 4.92. The van der Waals surface area contributed by atoms with Crippen LogP contribution in [0.25, 0.3) is 16.9 Å². The Kier molecular flexibility index (Phi) is 2.11. The van der Waals surface area contributed by atoms with Gasteiger partial charge in [-0.25, -0.2) is 9.97 Å². The highest BCUT2D eigenvalue weighted by Crippen LogP contribution is 2.24. The number of nitrogens with one attached hydrogen (secondary N) is 1. The molecule has 3 aromatic rings. The molecule has 0 radical (unpaired) electrons. The lowest BCUT2D eigenvalue weighted by molar-refractivity contribution is 1.13. The van der Waals surface area contributed by atoms with Crippen LogP contribution in [0.1, 0.15) is 0 Å². The average Bonchev–Trinajstić information content (AvgIpc) is 2.96. The molecule has 4 nitrogen and oxygen atoms in total. The van der Waals surface area contributed by atoms with Gasteiger partial charge in [-0.05, 0) is 11.4 Å². The molecule has 0 spiro atoms. The SMILES string of the molecule is CNc1nccn2c(-c3ccsc3)cnc12. The second-order valence-electron chi connectivity index (χ2n) is 3.37. The molecule has 3 rings (SSSR count). The summed E-state index contributed by atoms with van der Waals surface area (Å²) in [7, 11) is 1.85. The zero-order chi connectivity index (χ0) is 11.0. The van der Waals surface area contributed by atoms with Crippen molar-refractivity contribution < 1.29 is 0 Å². The Morgan fingerprint density at radius 1 is 1.38 bits per heavy atom. The Balaban J connectivity index is 2.29. The summed E-state index contributed by atoms with van der Waals surface area (Å²) in [5, 5.41) is 7.22. The van der Waals surface area contributed by atoms with Crippen LogP contribution in [0.15, 0.2) is 35.4 Å². The lowest BCUT2D eigenvalue weighted by Crippen LogP contribution is -1.97. The summed E-state index contributed by atoms with van der Waals surface area (Å²) in [6, 6.07) is 2.09. The van der Waals surface area contributed by atoms with Crippen molar-refractivity contribution in [1.29, 1.82) is 0 Å². The highest BCUT2D eigenvalue weighted by Gasteiger charge is 2.08. The fourth-order valence-electron chi connectivity index (χ4n) is 1.72. The number of hydrogen-bond acceptors (Lipinski definition) is 4. The third-order valence-electron chi connectivity index (χ3n) is 2.48. The molecule has 0 atom stereocenters. The van der Waals surface area contributed by atoms with E-state index in [1.165, 1.54) is 5.56 Å². The lowest BCUT2D eigenvalue weighted by atomic mass is 10.3. The molecule has 5 heteroatoms. The van der Waals surface area contributed by atoms with Gasteiger partial charge in [0.05, 0.1) is 11.9 Å². The molecule has 0 saturated carbocycles. The van der Waals surface area contributed by atoms with Crippen molar-refractivity contribution in [3.05, 3.63) is 35.4 Å². The molecular weight excluding hydrogens is 220 g/mol. The van der Waals surface area contributed by atoms with Crippen LogP contribution in [0.4, 0.5) is 5.82 Å². The predicted molar refractivity (Wildman–Crippen MR) is 65.8 cm³/mol. The van der Waals surface area contributed by atoms with E-state index in [0.717, 1.165) is 17.2 Å². The second kappa shape index (κ2) is 3.61. The highest BCUT2D eigenvalue weighted by atomic mass is 32.1. The van der Waals surface area contributed by atoms with E-state index in [1.807, 2.05) is 23.8 Å². The zero-order valence-electron chi connectivity index (χ0n) is 8.71. The van der Waals surface area contributed by atoms with Gasteiger partial charge in [0.25, 0.3) is 0 Å². The molecule has 0 aliphatic carbocycles. The molecule has 0 unspecified atom stereocenters. The molecule has 0 amide bonds. The van der Waals surface area contributed by atoms with E-state index in [1.54, 1.807) is 17.5 Å². The van der Waals surface area contributed by atoms with Crippen LogP contribution >= 0.6 is 11.3 Å². The Bertz CT molecular complexity index is 612. The molecule has 0 aliphatic heterocycles. The van der Waals surface area contributed by atoms with Crippen LogP contribution in [0.3, 0.4) is 0 Å². The third-order valence-corrected chi connectivity index (χ3v) is 3.16. The normalized spacial score (nSPS) is 10.8. The molecule has 0 fully saturated rings. The fourth-order valence-corrected chi connectivity index (χ4v) is 2.37. The van der Waals surface area contributed by atoms with E-state index in [-0.39, 0.29) is 0 Å².